The lowest BCUT2D eigenvalue weighted by Gasteiger charge is -2.27. The molecule has 6 heteroatoms. The highest BCUT2D eigenvalue weighted by Crippen LogP contribution is 2.14. The van der Waals surface area contributed by atoms with E-state index in [-0.39, 0.29) is 6.61 Å². The molecule has 0 spiro atoms. The predicted octanol–water partition coefficient (Wildman–Crippen LogP) is -0.253. The van der Waals surface area contributed by atoms with Crippen LogP contribution in [0.25, 0.3) is 0 Å². The third kappa shape index (κ3) is 4.54. The third-order valence-electron chi connectivity index (χ3n) is 1.71. The van der Waals surface area contributed by atoms with Crippen LogP contribution in [-0.2, 0) is 19.1 Å². The molecule has 17 heavy (non-hydrogen) atoms. The molecule has 0 aliphatic rings. The van der Waals surface area contributed by atoms with Crippen LogP contribution in [0, 0.1) is 0 Å². The number of carbonyl (C=O) groups excluding carboxylic acids is 2. The highest BCUT2D eigenvalue weighted by Gasteiger charge is 2.46. The van der Waals surface area contributed by atoms with E-state index in [1.54, 1.807) is 20.8 Å². The summed E-state index contributed by atoms with van der Waals surface area (Å²) in [6.45, 7) is 7.23. The second-order valence-corrected chi connectivity index (χ2v) is 4.52. The first-order valence-electron chi connectivity index (χ1n) is 5.08. The van der Waals surface area contributed by atoms with Crippen molar-refractivity contribution in [2.45, 2.75) is 31.9 Å². The van der Waals surface area contributed by atoms with Crippen molar-refractivity contribution in [1.82, 2.24) is 0 Å². The van der Waals surface area contributed by atoms with Crippen LogP contribution in [0.3, 0.4) is 0 Å². The highest BCUT2D eigenvalue weighted by atomic mass is 16.6. The summed E-state index contributed by atoms with van der Waals surface area (Å²) in [5.74, 6) is -2.07. The number of esters is 2. The Bertz CT molecular complexity index is 307. The van der Waals surface area contributed by atoms with E-state index >= 15 is 0 Å². The fraction of sp³-hybridized carbons (Fsp3) is 0.636. The molecule has 0 aromatic rings. The Kier molecular flexibility index (Phi) is 5.31. The van der Waals surface area contributed by atoms with Crippen LogP contribution in [0.5, 0.6) is 0 Å². The fourth-order valence-corrected chi connectivity index (χ4v) is 0.845. The average Bonchev–Trinajstić information content (AvgIpc) is 2.22. The number of hydrogen-bond donors (Lipinski definition) is 2. The van der Waals surface area contributed by atoms with Crippen LogP contribution in [0.15, 0.2) is 12.7 Å². The van der Waals surface area contributed by atoms with Gasteiger partial charge in [-0.25, -0.2) is 9.59 Å². The van der Waals surface area contributed by atoms with Gasteiger partial charge in [0.15, 0.2) is 0 Å². The molecule has 1 atom stereocenters. The van der Waals surface area contributed by atoms with E-state index in [1.807, 2.05) is 0 Å². The van der Waals surface area contributed by atoms with Gasteiger partial charge >= 0.3 is 11.9 Å². The molecule has 98 valence electrons. The molecule has 0 unspecified atom stereocenters. The Balaban J connectivity index is 4.82. The molecule has 0 aliphatic carbocycles. The summed E-state index contributed by atoms with van der Waals surface area (Å²) in [7, 11) is 0. The van der Waals surface area contributed by atoms with Gasteiger partial charge in [0, 0.05) is 0 Å². The van der Waals surface area contributed by atoms with Gasteiger partial charge in [-0.3, -0.25) is 0 Å². The first-order chi connectivity index (χ1) is 7.67. The minimum absolute atomic E-state index is 0.0966. The largest absolute Gasteiger partial charge is 0.460 e. The maximum absolute atomic E-state index is 11.7. The zero-order valence-electron chi connectivity index (χ0n) is 10.4. The molecule has 0 aliphatic heterocycles. The molecule has 0 saturated carbocycles. The summed E-state index contributed by atoms with van der Waals surface area (Å²) >= 11 is 0. The zero-order valence-corrected chi connectivity index (χ0v) is 10.4. The van der Waals surface area contributed by atoms with Crippen molar-refractivity contribution < 1.29 is 24.2 Å². The summed E-state index contributed by atoms with van der Waals surface area (Å²) in [6, 6.07) is 0. The second kappa shape index (κ2) is 5.79. The van der Waals surface area contributed by atoms with E-state index in [0.29, 0.717) is 0 Å². The van der Waals surface area contributed by atoms with Crippen LogP contribution in [0.1, 0.15) is 20.8 Å². The molecule has 6 nitrogen and oxygen atoms in total. The monoisotopic (exact) mass is 245 g/mol. The van der Waals surface area contributed by atoms with Gasteiger partial charge < -0.3 is 20.3 Å². The van der Waals surface area contributed by atoms with Crippen molar-refractivity contribution in [3.8, 4) is 0 Å². The first-order valence-corrected chi connectivity index (χ1v) is 5.08. The number of aliphatic hydroxyl groups is 1. The average molecular weight is 245 g/mol. The molecule has 3 N–H and O–H groups in total. The lowest BCUT2D eigenvalue weighted by molar-refractivity contribution is -0.173. The van der Waals surface area contributed by atoms with E-state index in [0.717, 1.165) is 0 Å². The normalized spacial score (nSPS) is 14.6. The second-order valence-electron chi connectivity index (χ2n) is 4.52. The van der Waals surface area contributed by atoms with E-state index in [1.165, 1.54) is 6.08 Å². The molecule has 0 aromatic heterocycles. The molecule has 0 fully saturated rings. The smallest absolute Gasteiger partial charge is 0.340 e. The van der Waals surface area contributed by atoms with Crippen LogP contribution < -0.4 is 5.73 Å². The minimum atomic E-state index is -2.20. The van der Waals surface area contributed by atoms with Crippen molar-refractivity contribution in [2.24, 2.45) is 5.73 Å². The molecule has 0 amide bonds. The van der Waals surface area contributed by atoms with Crippen LogP contribution >= 0.6 is 0 Å². The minimum Gasteiger partial charge on any atom is -0.460 e. The van der Waals surface area contributed by atoms with Crippen LogP contribution in [-0.4, -0.2) is 41.4 Å². The molecule has 0 heterocycles. The number of rotatable bonds is 5. The molecular formula is C11H19NO5. The number of carbonyl (C=O) groups is 2. The Morgan fingerprint density at radius 3 is 2.24 bits per heavy atom. The number of aliphatic hydroxyl groups excluding tert-OH is 1. The SMILES string of the molecule is C=CCOC(=O)[C@@](N)(CO)C(=O)OC(C)(C)C. The maximum Gasteiger partial charge on any atom is 0.340 e. The van der Waals surface area contributed by atoms with Crippen molar-refractivity contribution >= 4 is 11.9 Å². The molecule has 0 saturated heterocycles. The molecule has 0 radical (unpaired) electrons. The first kappa shape index (κ1) is 15.6. The molecular weight excluding hydrogens is 226 g/mol. The quantitative estimate of drug-likeness (QED) is 0.393. The summed E-state index contributed by atoms with van der Waals surface area (Å²) in [6.07, 6.45) is 1.32. The topological polar surface area (TPSA) is 98.9 Å². The molecule has 0 rings (SSSR count). The summed E-state index contributed by atoms with van der Waals surface area (Å²) in [5, 5.41) is 9.07. The molecule has 0 aromatic carbocycles. The Morgan fingerprint density at radius 1 is 1.35 bits per heavy atom. The third-order valence-corrected chi connectivity index (χ3v) is 1.71. The van der Waals surface area contributed by atoms with Crippen molar-refractivity contribution in [2.75, 3.05) is 13.2 Å². The van der Waals surface area contributed by atoms with Crippen molar-refractivity contribution in [1.29, 1.82) is 0 Å². The van der Waals surface area contributed by atoms with Crippen LogP contribution in [0.4, 0.5) is 0 Å². The van der Waals surface area contributed by atoms with Gasteiger partial charge in [0.05, 0.1) is 6.61 Å². The van der Waals surface area contributed by atoms with Gasteiger partial charge in [0.25, 0.3) is 0 Å². The maximum atomic E-state index is 11.7. The number of hydrogen-bond acceptors (Lipinski definition) is 6. The van der Waals surface area contributed by atoms with Crippen molar-refractivity contribution in [3.05, 3.63) is 12.7 Å². The van der Waals surface area contributed by atoms with E-state index in [4.69, 9.17) is 15.6 Å². The molecule has 0 bridgehead atoms. The van der Waals surface area contributed by atoms with Gasteiger partial charge in [-0.1, -0.05) is 12.7 Å². The zero-order chi connectivity index (χ0) is 13.7. The Hall–Kier alpha value is -1.40. The summed E-state index contributed by atoms with van der Waals surface area (Å²) < 4.78 is 9.58. The van der Waals surface area contributed by atoms with Gasteiger partial charge in [0.1, 0.15) is 12.2 Å². The van der Waals surface area contributed by atoms with E-state index in [2.05, 4.69) is 11.3 Å². The van der Waals surface area contributed by atoms with Crippen LogP contribution in [0.2, 0.25) is 0 Å². The number of nitrogens with two attached hydrogens (primary N) is 1. The van der Waals surface area contributed by atoms with Crippen molar-refractivity contribution in [3.63, 3.8) is 0 Å². The highest BCUT2D eigenvalue weighted by molar-refractivity contribution is 6.05. The summed E-state index contributed by atoms with van der Waals surface area (Å²) in [5.41, 5.74) is 2.49. The lowest BCUT2D eigenvalue weighted by Crippen LogP contribution is -2.60. The van der Waals surface area contributed by atoms with E-state index < -0.39 is 29.7 Å². The Morgan fingerprint density at radius 2 is 1.88 bits per heavy atom. The summed E-state index contributed by atoms with van der Waals surface area (Å²) in [4.78, 5) is 23.2. The Labute approximate surface area is 100 Å². The predicted molar refractivity (Wildman–Crippen MR) is 61.0 cm³/mol. The van der Waals surface area contributed by atoms with Gasteiger partial charge in [0.2, 0.25) is 5.54 Å². The van der Waals surface area contributed by atoms with Gasteiger partial charge in [-0.15, -0.1) is 0 Å². The standard InChI is InChI=1S/C11H19NO5/c1-5-6-16-8(14)11(12,7-13)9(15)17-10(2,3)4/h5,13H,1,6-7,12H2,2-4H3/t11-/m0/s1. The van der Waals surface area contributed by atoms with E-state index in [9.17, 15) is 9.59 Å². The number of ether oxygens (including phenoxy) is 2. The fourth-order valence-electron chi connectivity index (χ4n) is 0.845. The van der Waals surface area contributed by atoms with Gasteiger partial charge in [-0.05, 0) is 20.8 Å². The van der Waals surface area contributed by atoms with Gasteiger partial charge in [-0.2, -0.15) is 0 Å². The lowest BCUT2D eigenvalue weighted by atomic mass is 10.0.